The lowest BCUT2D eigenvalue weighted by Crippen LogP contribution is -2.27. The van der Waals surface area contributed by atoms with E-state index in [1.165, 1.54) is 18.2 Å². The minimum atomic E-state index is -1.08. The molecule has 1 aromatic rings. The molecule has 1 atom stereocenters. The van der Waals surface area contributed by atoms with Gasteiger partial charge in [0.2, 0.25) is 0 Å². The van der Waals surface area contributed by atoms with E-state index in [1.54, 1.807) is 0 Å². The predicted molar refractivity (Wildman–Crippen MR) is 68.7 cm³/mol. The average molecular weight is 276 g/mol. The molecule has 0 fully saturated rings. The van der Waals surface area contributed by atoms with Gasteiger partial charge in [-0.15, -0.1) is 0 Å². The quantitative estimate of drug-likeness (QED) is 0.440. The highest BCUT2D eigenvalue weighted by molar-refractivity contribution is 6.07. The lowest BCUT2D eigenvalue weighted by molar-refractivity contribution is -0.148. The first kappa shape index (κ1) is 13.7. The SMILES string of the molecule is O=C(/C=C\c1cc(O)cc(O)c1)[C@H]1CC(O)=COC1=O. The monoisotopic (exact) mass is 276 g/mol. The van der Waals surface area contributed by atoms with Gasteiger partial charge in [0.1, 0.15) is 29.4 Å². The minimum absolute atomic E-state index is 0.104. The molecule has 0 spiro atoms. The Morgan fingerprint density at radius 3 is 2.50 bits per heavy atom. The van der Waals surface area contributed by atoms with E-state index in [0.29, 0.717) is 5.56 Å². The third kappa shape index (κ3) is 3.17. The second-order valence-electron chi connectivity index (χ2n) is 4.32. The number of carbonyl (C=O) groups is 2. The van der Waals surface area contributed by atoms with Gasteiger partial charge in [-0.25, -0.2) is 0 Å². The lowest BCUT2D eigenvalue weighted by Gasteiger charge is -2.15. The molecule has 0 radical (unpaired) electrons. The Balaban J connectivity index is 2.13. The number of benzene rings is 1. The van der Waals surface area contributed by atoms with Crippen molar-refractivity contribution in [3.63, 3.8) is 0 Å². The normalized spacial score (nSPS) is 18.7. The molecule has 0 saturated carbocycles. The average Bonchev–Trinajstić information content (AvgIpc) is 2.38. The van der Waals surface area contributed by atoms with Gasteiger partial charge < -0.3 is 20.1 Å². The van der Waals surface area contributed by atoms with Crippen LogP contribution in [0.1, 0.15) is 12.0 Å². The highest BCUT2D eigenvalue weighted by Gasteiger charge is 2.30. The topological polar surface area (TPSA) is 104 Å². The molecule has 2 rings (SSSR count). The molecular formula is C14H12O6. The number of aliphatic hydroxyl groups is 1. The molecule has 0 saturated heterocycles. The molecule has 1 aliphatic rings. The van der Waals surface area contributed by atoms with Crippen LogP contribution in [0.4, 0.5) is 0 Å². The van der Waals surface area contributed by atoms with Gasteiger partial charge in [0.05, 0.1) is 0 Å². The van der Waals surface area contributed by atoms with Crippen LogP contribution in [0.3, 0.4) is 0 Å². The van der Waals surface area contributed by atoms with E-state index >= 15 is 0 Å². The summed E-state index contributed by atoms with van der Waals surface area (Å²) in [5, 5.41) is 27.8. The van der Waals surface area contributed by atoms with Crippen molar-refractivity contribution < 1.29 is 29.6 Å². The molecule has 1 heterocycles. The summed E-state index contributed by atoms with van der Waals surface area (Å²) in [6.07, 6.45) is 3.29. The zero-order valence-corrected chi connectivity index (χ0v) is 10.3. The van der Waals surface area contributed by atoms with Gasteiger partial charge in [0, 0.05) is 12.5 Å². The third-order valence-corrected chi connectivity index (χ3v) is 2.72. The first-order valence-corrected chi connectivity index (χ1v) is 5.79. The fourth-order valence-electron chi connectivity index (χ4n) is 1.77. The Morgan fingerprint density at radius 1 is 1.20 bits per heavy atom. The number of ketones is 1. The lowest BCUT2D eigenvalue weighted by atomic mass is 9.97. The molecule has 104 valence electrons. The van der Waals surface area contributed by atoms with E-state index in [1.807, 2.05) is 0 Å². The number of phenolic OH excluding ortho intramolecular Hbond substituents is 2. The number of cyclic esters (lactones) is 1. The first-order valence-electron chi connectivity index (χ1n) is 5.79. The summed E-state index contributed by atoms with van der Waals surface area (Å²) in [6.45, 7) is 0. The van der Waals surface area contributed by atoms with Gasteiger partial charge in [-0.05, 0) is 23.8 Å². The molecule has 6 heteroatoms. The van der Waals surface area contributed by atoms with Gasteiger partial charge in [0.15, 0.2) is 5.78 Å². The summed E-state index contributed by atoms with van der Waals surface area (Å²) in [5.41, 5.74) is 0.403. The second kappa shape index (κ2) is 5.48. The summed E-state index contributed by atoms with van der Waals surface area (Å²) in [7, 11) is 0. The smallest absolute Gasteiger partial charge is 0.322 e. The molecule has 3 N–H and O–H groups in total. The highest BCUT2D eigenvalue weighted by Crippen LogP contribution is 2.22. The maximum absolute atomic E-state index is 11.8. The van der Waals surface area contributed by atoms with Gasteiger partial charge >= 0.3 is 5.97 Å². The predicted octanol–water partition coefficient (Wildman–Crippen LogP) is 1.64. The van der Waals surface area contributed by atoms with Crippen LogP contribution in [-0.2, 0) is 14.3 Å². The number of phenols is 2. The Kier molecular flexibility index (Phi) is 3.74. The summed E-state index contributed by atoms with van der Waals surface area (Å²) in [4.78, 5) is 23.2. The van der Waals surface area contributed by atoms with Crippen LogP contribution in [0.15, 0.2) is 36.3 Å². The third-order valence-electron chi connectivity index (χ3n) is 2.72. The number of esters is 1. The van der Waals surface area contributed by atoms with Crippen molar-refractivity contribution in [3.8, 4) is 11.5 Å². The van der Waals surface area contributed by atoms with Crippen LogP contribution in [0.2, 0.25) is 0 Å². The Hall–Kier alpha value is -2.76. The van der Waals surface area contributed by atoms with Gasteiger partial charge in [-0.2, -0.15) is 0 Å². The number of rotatable bonds is 3. The van der Waals surface area contributed by atoms with Gasteiger partial charge in [-0.1, -0.05) is 6.08 Å². The molecule has 20 heavy (non-hydrogen) atoms. The molecule has 0 aromatic heterocycles. The van der Waals surface area contributed by atoms with E-state index in [9.17, 15) is 24.9 Å². The zero-order valence-electron chi connectivity index (χ0n) is 10.3. The Morgan fingerprint density at radius 2 is 1.85 bits per heavy atom. The van der Waals surface area contributed by atoms with E-state index in [0.717, 1.165) is 18.4 Å². The number of allylic oxidation sites excluding steroid dienone is 2. The molecule has 0 bridgehead atoms. The zero-order chi connectivity index (χ0) is 14.7. The van der Waals surface area contributed by atoms with Gasteiger partial charge in [0.25, 0.3) is 0 Å². The fraction of sp³-hybridized carbons (Fsp3) is 0.143. The van der Waals surface area contributed by atoms with E-state index in [4.69, 9.17) is 0 Å². The van der Waals surface area contributed by atoms with E-state index in [2.05, 4.69) is 4.74 Å². The first-order chi connectivity index (χ1) is 9.45. The molecular weight excluding hydrogens is 264 g/mol. The van der Waals surface area contributed by atoms with E-state index < -0.39 is 17.7 Å². The summed E-state index contributed by atoms with van der Waals surface area (Å²) >= 11 is 0. The Labute approximate surface area is 114 Å². The minimum Gasteiger partial charge on any atom is -0.509 e. The van der Waals surface area contributed by atoms with Crippen LogP contribution in [-0.4, -0.2) is 27.1 Å². The number of ether oxygens (including phenoxy) is 1. The fourth-order valence-corrected chi connectivity index (χ4v) is 1.77. The van der Waals surface area contributed by atoms with Crippen molar-refractivity contribution in [1.82, 2.24) is 0 Å². The van der Waals surface area contributed by atoms with Crippen molar-refractivity contribution in [2.75, 3.05) is 0 Å². The van der Waals surface area contributed by atoms with E-state index in [-0.39, 0.29) is 23.7 Å². The summed E-state index contributed by atoms with van der Waals surface area (Å²) < 4.78 is 4.53. The number of carbonyl (C=O) groups excluding carboxylic acids is 2. The number of hydrogen-bond donors (Lipinski definition) is 3. The van der Waals surface area contributed by atoms with Crippen LogP contribution < -0.4 is 0 Å². The summed E-state index contributed by atoms with van der Waals surface area (Å²) in [6, 6.07) is 3.85. The largest absolute Gasteiger partial charge is 0.509 e. The van der Waals surface area contributed by atoms with Crippen molar-refractivity contribution in [1.29, 1.82) is 0 Å². The molecule has 1 aliphatic heterocycles. The highest BCUT2D eigenvalue weighted by atomic mass is 16.5. The van der Waals surface area contributed by atoms with Crippen LogP contribution >= 0.6 is 0 Å². The molecule has 0 unspecified atom stereocenters. The second-order valence-corrected chi connectivity index (χ2v) is 4.32. The molecule has 0 amide bonds. The molecule has 6 nitrogen and oxygen atoms in total. The molecule has 0 aliphatic carbocycles. The maximum Gasteiger partial charge on any atom is 0.322 e. The van der Waals surface area contributed by atoms with Crippen molar-refractivity contribution >= 4 is 17.8 Å². The Bertz CT molecular complexity index is 594. The van der Waals surface area contributed by atoms with Crippen LogP contribution in [0.25, 0.3) is 6.08 Å². The number of aliphatic hydroxyl groups excluding tert-OH is 1. The van der Waals surface area contributed by atoms with Crippen molar-refractivity contribution in [2.45, 2.75) is 6.42 Å². The number of hydrogen-bond acceptors (Lipinski definition) is 6. The van der Waals surface area contributed by atoms with Crippen LogP contribution in [0, 0.1) is 5.92 Å². The van der Waals surface area contributed by atoms with Crippen molar-refractivity contribution in [3.05, 3.63) is 41.9 Å². The molecule has 1 aromatic carbocycles. The maximum atomic E-state index is 11.8. The van der Waals surface area contributed by atoms with Crippen LogP contribution in [0.5, 0.6) is 11.5 Å². The standard InChI is InChI=1S/C14H12O6/c15-9-3-8(4-10(16)5-9)1-2-13(18)12-6-11(17)7-20-14(12)19/h1-5,7,12,15-17H,6H2/b2-1-/t12-/m1/s1. The van der Waals surface area contributed by atoms with Crippen molar-refractivity contribution in [2.24, 2.45) is 5.92 Å². The summed E-state index contributed by atoms with van der Waals surface area (Å²) in [5.74, 6) is -2.80. The van der Waals surface area contributed by atoms with Gasteiger partial charge in [-0.3, -0.25) is 9.59 Å². The number of aromatic hydroxyl groups is 2.